The van der Waals surface area contributed by atoms with Gasteiger partial charge in [-0.05, 0) is 18.6 Å². The third kappa shape index (κ3) is 4.27. The van der Waals surface area contributed by atoms with Crippen molar-refractivity contribution in [1.29, 1.82) is 0 Å². The van der Waals surface area contributed by atoms with Crippen LogP contribution in [0.2, 0.25) is 5.02 Å². The van der Waals surface area contributed by atoms with Crippen molar-refractivity contribution in [2.45, 2.75) is 38.8 Å². The fourth-order valence-electron chi connectivity index (χ4n) is 2.81. The van der Waals surface area contributed by atoms with E-state index < -0.39 is 0 Å². The molecule has 0 saturated carbocycles. The average molecular weight is 269 g/mol. The zero-order chi connectivity index (χ0) is 12.8. The Kier molecular flexibility index (Phi) is 5.48. The van der Waals surface area contributed by atoms with Gasteiger partial charge in [-0.25, -0.2) is 0 Å². The molecule has 2 nitrogen and oxygen atoms in total. The number of quaternary nitrogens is 2. The van der Waals surface area contributed by atoms with Crippen molar-refractivity contribution in [1.82, 2.24) is 0 Å². The maximum Gasteiger partial charge on any atom is 0.101 e. The molecule has 1 fully saturated rings. The summed E-state index contributed by atoms with van der Waals surface area (Å²) in [6, 6.07) is 9.06. The third-order valence-corrected chi connectivity index (χ3v) is 4.19. The van der Waals surface area contributed by atoms with Crippen LogP contribution < -0.4 is 10.2 Å². The molecule has 1 heterocycles. The van der Waals surface area contributed by atoms with E-state index in [0.29, 0.717) is 0 Å². The Labute approximate surface area is 115 Å². The monoisotopic (exact) mass is 268 g/mol. The van der Waals surface area contributed by atoms with E-state index in [4.69, 9.17) is 11.6 Å². The Morgan fingerprint density at radius 3 is 2.50 bits per heavy atom. The summed E-state index contributed by atoms with van der Waals surface area (Å²) in [7, 11) is 0. The van der Waals surface area contributed by atoms with Crippen molar-refractivity contribution in [3.63, 3.8) is 0 Å². The van der Waals surface area contributed by atoms with Gasteiger partial charge in [0.05, 0.1) is 25.7 Å². The molecule has 0 aromatic heterocycles. The summed E-state index contributed by atoms with van der Waals surface area (Å²) >= 11 is 5.89. The van der Waals surface area contributed by atoms with Crippen LogP contribution in [0.3, 0.4) is 0 Å². The fraction of sp³-hybridized carbons (Fsp3) is 0.600. The molecule has 100 valence electrons. The predicted octanol–water partition coefficient (Wildman–Crippen LogP) is 0.861. The molecule has 0 amide bonds. The van der Waals surface area contributed by atoms with Crippen LogP contribution in [0.25, 0.3) is 0 Å². The van der Waals surface area contributed by atoms with Gasteiger partial charge in [-0.3, -0.25) is 0 Å². The standard InChI is InChI=1S/C15H23ClN2/c1-2-9-18-10-7-15(8-11-18)17-12-13-3-5-14(16)6-4-13/h3-6,15,17H,2,7-12H2,1H3/p+2. The fourth-order valence-corrected chi connectivity index (χ4v) is 2.94. The molecule has 2 rings (SSSR count). The van der Waals surface area contributed by atoms with Crippen LogP contribution in [0, 0.1) is 0 Å². The zero-order valence-electron chi connectivity index (χ0n) is 11.3. The molecule has 1 aromatic carbocycles. The van der Waals surface area contributed by atoms with E-state index in [2.05, 4.69) is 24.4 Å². The first kappa shape index (κ1) is 13.9. The minimum absolute atomic E-state index is 0.821. The maximum atomic E-state index is 5.89. The number of benzene rings is 1. The highest BCUT2D eigenvalue weighted by Crippen LogP contribution is 2.08. The van der Waals surface area contributed by atoms with Gasteiger partial charge < -0.3 is 10.2 Å². The van der Waals surface area contributed by atoms with Crippen LogP contribution in [0.4, 0.5) is 0 Å². The van der Waals surface area contributed by atoms with Crippen molar-refractivity contribution < 1.29 is 10.2 Å². The van der Waals surface area contributed by atoms with E-state index in [0.717, 1.165) is 17.6 Å². The summed E-state index contributed by atoms with van der Waals surface area (Å²) in [5.74, 6) is 0. The summed E-state index contributed by atoms with van der Waals surface area (Å²) in [5, 5.41) is 3.33. The lowest BCUT2D eigenvalue weighted by Gasteiger charge is -2.27. The minimum Gasteiger partial charge on any atom is -0.340 e. The summed E-state index contributed by atoms with van der Waals surface area (Å²) in [5.41, 5.74) is 1.38. The van der Waals surface area contributed by atoms with Crippen molar-refractivity contribution >= 4 is 11.6 Å². The summed E-state index contributed by atoms with van der Waals surface area (Å²) in [4.78, 5) is 1.80. The SMILES string of the molecule is CCC[NH+]1CCC([NH2+]Cc2ccc(Cl)cc2)CC1. The second kappa shape index (κ2) is 7.13. The van der Waals surface area contributed by atoms with E-state index in [1.165, 1.54) is 44.5 Å². The second-order valence-corrected chi connectivity index (χ2v) is 5.84. The maximum absolute atomic E-state index is 5.89. The molecule has 3 heteroatoms. The summed E-state index contributed by atoms with van der Waals surface area (Å²) < 4.78 is 0. The largest absolute Gasteiger partial charge is 0.340 e. The van der Waals surface area contributed by atoms with E-state index >= 15 is 0 Å². The van der Waals surface area contributed by atoms with Gasteiger partial charge in [0.15, 0.2) is 0 Å². The van der Waals surface area contributed by atoms with Gasteiger partial charge in [-0.1, -0.05) is 30.7 Å². The van der Waals surface area contributed by atoms with Crippen molar-refractivity contribution in [3.05, 3.63) is 34.9 Å². The van der Waals surface area contributed by atoms with Crippen LogP contribution in [-0.4, -0.2) is 25.7 Å². The molecule has 1 aliphatic heterocycles. The number of hydrogen-bond donors (Lipinski definition) is 2. The van der Waals surface area contributed by atoms with Gasteiger partial charge in [-0.15, -0.1) is 0 Å². The number of nitrogens with one attached hydrogen (secondary N) is 1. The van der Waals surface area contributed by atoms with E-state index in [1.54, 1.807) is 4.90 Å². The summed E-state index contributed by atoms with van der Waals surface area (Å²) in [6.45, 7) is 7.44. The topological polar surface area (TPSA) is 21.1 Å². The lowest BCUT2D eigenvalue weighted by Crippen LogP contribution is -3.14. The predicted molar refractivity (Wildman–Crippen MR) is 76.0 cm³/mol. The molecule has 3 N–H and O–H groups in total. The smallest absolute Gasteiger partial charge is 0.101 e. The molecule has 0 radical (unpaired) electrons. The molecule has 18 heavy (non-hydrogen) atoms. The van der Waals surface area contributed by atoms with Crippen molar-refractivity contribution in [3.8, 4) is 0 Å². The highest BCUT2D eigenvalue weighted by molar-refractivity contribution is 6.30. The average Bonchev–Trinajstić information content (AvgIpc) is 2.40. The van der Waals surface area contributed by atoms with Crippen LogP contribution in [0.5, 0.6) is 0 Å². The van der Waals surface area contributed by atoms with E-state index in [9.17, 15) is 0 Å². The Morgan fingerprint density at radius 1 is 1.22 bits per heavy atom. The first-order chi connectivity index (χ1) is 8.78. The molecular weight excluding hydrogens is 244 g/mol. The number of halogens is 1. The molecule has 1 aromatic rings. The minimum atomic E-state index is 0.821. The molecule has 0 bridgehead atoms. The van der Waals surface area contributed by atoms with Crippen molar-refractivity contribution in [2.24, 2.45) is 0 Å². The van der Waals surface area contributed by atoms with Gasteiger partial charge in [-0.2, -0.15) is 0 Å². The highest BCUT2D eigenvalue weighted by Gasteiger charge is 2.23. The lowest BCUT2D eigenvalue weighted by molar-refractivity contribution is -0.913. The molecule has 0 spiro atoms. The number of rotatable bonds is 5. The number of nitrogens with two attached hydrogens (primary N) is 1. The van der Waals surface area contributed by atoms with Crippen LogP contribution in [-0.2, 0) is 6.54 Å². The molecule has 0 unspecified atom stereocenters. The Balaban J connectivity index is 1.70. The zero-order valence-corrected chi connectivity index (χ0v) is 12.0. The van der Waals surface area contributed by atoms with Gasteiger partial charge in [0, 0.05) is 23.4 Å². The molecular formula is C15H25ClN2+2. The molecule has 0 atom stereocenters. The first-order valence-electron chi connectivity index (χ1n) is 7.19. The van der Waals surface area contributed by atoms with Gasteiger partial charge in [0.1, 0.15) is 6.54 Å². The van der Waals surface area contributed by atoms with Crippen molar-refractivity contribution in [2.75, 3.05) is 19.6 Å². The van der Waals surface area contributed by atoms with E-state index in [-0.39, 0.29) is 0 Å². The Morgan fingerprint density at radius 2 is 1.89 bits per heavy atom. The third-order valence-electron chi connectivity index (χ3n) is 3.94. The van der Waals surface area contributed by atoms with Gasteiger partial charge >= 0.3 is 0 Å². The normalized spacial score (nSPS) is 24.1. The van der Waals surface area contributed by atoms with Gasteiger partial charge in [0.25, 0.3) is 0 Å². The second-order valence-electron chi connectivity index (χ2n) is 5.40. The highest BCUT2D eigenvalue weighted by atomic mass is 35.5. The summed E-state index contributed by atoms with van der Waals surface area (Å²) in [6.07, 6.45) is 4.04. The lowest BCUT2D eigenvalue weighted by atomic mass is 10.0. The van der Waals surface area contributed by atoms with Crippen LogP contribution in [0.15, 0.2) is 24.3 Å². The number of hydrogen-bond acceptors (Lipinski definition) is 0. The van der Waals surface area contributed by atoms with Crippen LogP contribution >= 0.6 is 11.6 Å². The van der Waals surface area contributed by atoms with E-state index in [1.807, 2.05) is 12.1 Å². The van der Waals surface area contributed by atoms with Crippen LogP contribution in [0.1, 0.15) is 31.7 Å². The number of piperidine rings is 1. The molecule has 0 aliphatic carbocycles. The Bertz CT molecular complexity index is 342. The molecule has 1 aliphatic rings. The Hall–Kier alpha value is -0.570. The first-order valence-corrected chi connectivity index (χ1v) is 7.57. The molecule has 1 saturated heterocycles. The van der Waals surface area contributed by atoms with Gasteiger partial charge in [0.2, 0.25) is 0 Å². The quantitative estimate of drug-likeness (QED) is 0.791. The number of likely N-dealkylation sites (tertiary alicyclic amines) is 1.